The lowest BCUT2D eigenvalue weighted by Crippen LogP contribution is -2.12. The van der Waals surface area contributed by atoms with Crippen molar-refractivity contribution in [3.05, 3.63) is 124 Å². The molecule has 41 heavy (non-hydrogen) atoms. The van der Waals surface area contributed by atoms with E-state index in [0.29, 0.717) is 28.1 Å². The molecule has 0 aromatic carbocycles. The van der Waals surface area contributed by atoms with Crippen LogP contribution < -0.4 is 0 Å². The van der Waals surface area contributed by atoms with E-state index >= 15 is 0 Å². The largest absolute Gasteiger partial charge is 0.382 e. The molecule has 1 N–H and O–H groups in total. The fraction of sp³-hybridized carbons (Fsp3) is 0.222. The molecule has 1 unspecified atom stereocenters. The summed E-state index contributed by atoms with van der Waals surface area (Å²) in [6.45, 7) is 6.94. The van der Waals surface area contributed by atoms with Crippen molar-refractivity contribution in [3.63, 3.8) is 0 Å². The molecular formula is C27H26Cl2N6O6. The van der Waals surface area contributed by atoms with E-state index in [0.717, 1.165) is 11.6 Å². The molecular weight excluding hydrogens is 575 g/mol. The van der Waals surface area contributed by atoms with Gasteiger partial charge in [0.15, 0.2) is 11.4 Å². The van der Waals surface area contributed by atoms with Crippen LogP contribution in [-0.2, 0) is 0 Å². The number of nitro groups is 2. The first-order valence-electron chi connectivity index (χ1n) is 11.5. The highest BCUT2D eigenvalue weighted by Crippen LogP contribution is 2.32. The summed E-state index contributed by atoms with van der Waals surface area (Å²) in [6, 6.07) is 5.69. The average Bonchev–Trinajstić information content (AvgIpc) is 2.88. The summed E-state index contributed by atoms with van der Waals surface area (Å²) >= 11 is 11.4. The molecule has 1 atom stereocenters. The Bertz CT molecular complexity index is 1590. The van der Waals surface area contributed by atoms with Gasteiger partial charge in [0, 0.05) is 59.4 Å². The molecule has 0 aliphatic rings. The van der Waals surface area contributed by atoms with Gasteiger partial charge in [-0.3, -0.25) is 35.0 Å². The van der Waals surface area contributed by atoms with E-state index in [1.54, 1.807) is 52.2 Å². The Labute approximate surface area is 245 Å². The topological polar surface area (TPSA) is 175 Å². The van der Waals surface area contributed by atoms with Crippen LogP contribution in [0.3, 0.4) is 0 Å². The number of aliphatic hydroxyl groups excluding tert-OH is 1. The van der Waals surface area contributed by atoms with E-state index < -0.39 is 27.4 Å². The zero-order valence-electron chi connectivity index (χ0n) is 21.6. The van der Waals surface area contributed by atoms with Crippen LogP contribution in [-0.4, -0.2) is 40.7 Å². The zero-order chi connectivity index (χ0) is 29.7. The SMILES string of the molecule is C.Cc1ccnc(C)c1C(=O)c1ncc(Cl)cc1[N+](=O)[O-].Cc1ccnc(C)c1C(O)c1ncc(Cl)cc1[N+](=O)[O-]. The summed E-state index contributed by atoms with van der Waals surface area (Å²) in [7, 11) is 0. The molecule has 14 heteroatoms. The van der Waals surface area contributed by atoms with Gasteiger partial charge < -0.3 is 5.11 Å². The van der Waals surface area contributed by atoms with Crippen molar-refractivity contribution in [1.82, 2.24) is 19.9 Å². The van der Waals surface area contributed by atoms with E-state index in [9.17, 15) is 30.1 Å². The van der Waals surface area contributed by atoms with Crippen molar-refractivity contribution in [2.75, 3.05) is 0 Å². The third-order valence-corrected chi connectivity index (χ3v) is 6.24. The van der Waals surface area contributed by atoms with Gasteiger partial charge in [0.05, 0.1) is 19.9 Å². The molecule has 0 saturated heterocycles. The Hall–Kier alpha value is -4.39. The highest BCUT2D eigenvalue weighted by molar-refractivity contribution is 6.31. The zero-order valence-corrected chi connectivity index (χ0v) is 23.1. The van der Waals surface area contributed by atoms with Crippen molar-refractivity contribution in [1.29, 1.82) is 0 Å². The van der Waals surface area contributed by atoms with Crippen LogP contribution in [0.1, 0.15) is 63.4 Å². The number of hydrogen-bond donors (Lipinski definition) is 1. The molecule has 0 saturated carbocycles. The number of ketones is 1. The maximum atomic E-state index is 12.5. The van der Waals surface area contributed by atoms with Gasteiger partial charge in [-0.1, -0.05) is 30.6 Å². The normalized spacial score (nSPS) is 11.0. The van der Waals surface area contributed by atoms with Gasteiger partial charge in [-0.05, 0) is 51.0 Å². The predicted octanol–water partition coefficient (Wildman–Crippen LogP) is 6.26. The van der Waals surface area contributed by atoms with E-state index in [2.05, 4.69) is 19.9 Å². The highest BCUT2D eigenvalue weighted by Gasteiger charge is 2.27. The molecule has 0 radical (unpaired) electrons. The molecule has 12 nitrogen and oxygen atoms in total. The van der Waals surface area contributed by atoms with Crippen molar-refractivity contribution < 1.29 is 19.7 Å². The smallest absolute Gasteiger partial charge is 0.300 e. The number of carbonyl (C=O) groups excluding carboxylic acids is 1. The number of aromatic nitrogens is 4. The maximum Gasteiger partial charge on any atom is 0.300 e. The van der Waals surface area contributed by atoms with E-state index in [4.69, 9.17) is 23.2 Å². The van der Waals surface area contributed by atoms with Gasteiger partial charge in [-0.2, -0.15) is 0 Å². The number of carbonyl (C=O) groups is 1. The van der Waals surface area contributed by atoms with E-state index in [1.807, 2.05) is 0 Å². The molecule has 4 aromatic rings. The fourth-order valence-corrected chi connectivity index (χ4v) is 4.25. The first-order valence-corrected chi connectivity index (χ1v) is 12.3. The third kappa shape index (κ3) is 7.42. The second kappa shape index (κ2) is 13.8. The number of aliphatic hydroxyl groups is 1. The molecule has 214 valence electrons. The molecule has 4 heterocycles. The predicted molar refractivity (Wildman–Crippen MR) is 153 cm³/mol. The number of nitrogens with zero attached hydrogens (tertiary/aromatic N) is 6. The summed E-state index contributed by atoms with van der Waals surface area (Å²) in [6.07, 6.45) is 4.45. The Kier molecular flexibility index (Phi) is 11.0. The van der Waals surface area contributed by atoms with Crippen LogP contribution >= 0.6 is 23.2 Å². The second-order valence-electron chi connectivity index (χ2n) is 8.54. The van der Waals surface area contributed by atoms with Crippen molar-refractivity contribution in [2.24, 2.45) is 0 Å². The quantitative estimate of drug-likeness (QED) is 0.151. The lowest BCUT2D eigenvalue weighted by Gasteiger charge is -2.15. The number of pyridine rings is 4. The molecule has 0 spiro atoms. The van der Waals surface area contributed by atoms with Crippen LogP contribution in [0.5, 0.6) is 0 Å². The lowest BCUT2D eigenvalue weighted by molar-refractivity contribution is -0.386. The summed E-state index contributed by atoms with van der Waals surface area (Å²) in [4.78, 5) is 49.1. The minimum absolute atomic E-state index is 0. The Balaban J connectivity index is 0.000000280. The number of halogens is 2. The van der Waals surface area contributed by atoms with E-state index in [1.165, 1.54) is 18.5 Å². The Morgan fingerprint density at radius 1 is 0.829 bits per heavy atom. The van der Waals surface area contributed by atoms with Crippen molar-refractivity contribution in [2.45, 2.75) is 41.2 Å². The molecule has 0 fully saturated rings. The molecule has 4 aromatic heterocycles. The summed E-state index contributed by atoms with van der Waals surface area (Å²) in [5, 5.41) is 32.8. The van der Waals surface area contributed by atoms with Crippen LogP contribution in [0.25, 0.3) is 0 Å². The minimum Gasteiger partial charge on any atom is -0.382 e. The number of hydrogen-bond acceptors (Lipinski definition) is 10. The van der Waals surface area contributed by atoms with Crippen molar-refractivity contribution >= 4 is 40.4 Å². The van der Waals surface area contributed by atoms with Gasteiger partial charge in [0.25, 0.3) is 11.4 Å². The highest BCUT2D eigenvalue weighted by atomic mass is 35.5. The number of aryl methyl sites for hydroxylation is 4. The van der Waals surface area contributed by atoms with Gasteiger partial charge in [0.2, 0.25) is 5.78 Å². The molecule has 4 rings (SSSR count). The van der Waals surface area contributed by atoms with Gasteiger partial charge >= 0.3 is 0 Å². The summed E-state index contributed by atoms with van der Waals surface area (Å²) in [5.41, 5.74) is 2.42. The van der Waals surface area contributed by atoms with E-state index in [-0.39, 0.29) is 34.5 Å². The van der Waals surface area contributed by atoms with Gasteiger partial charge in [-0.25, -0.2) is 9.97 Å². The monoisotopic (exact) mass is 600 g/mol. The van der Waals surface area contributed by atoms with Crippen molar-refractivity contribution in [3.8, 4) is 0 Å². The second-order valence-corrected chi connectivity index (χ2v) is 9.41. The molecule has 0 amide bonds. The van der Waals surface area contributed by atoms with Crippen LogP contribution in [0.15, 0.2) is 49.1 Å². The third-order valence-electron chi connectivity index (χ3n) is 5.82. The summed E-state index contributed by atoms with van der Waals surface area (Å²) < 4.78 is 0. The van der Waals surface area contributed by atoms with Crippen LogP contribution in [0, 0.1) is 47.9 Å². The van der Waals surface area contributed by atoms with Gasteiger partial charge in [-0.15, -0.1) is 0 Å². The molecule has 0 aliphatic heterocycles. The molecule has 0 aliphatic carbocycles. The first-order chi connectivity index (χ1) is 18.8. The maximum absolute atomic E-state index is 12.5. The van der Waals surface area contributed by atoms with Gasteiger partial charge in [0.1, 0.15) is 6.10 Å². The average molecular weight is 601 g/mol. The van der Waals surface area contributed by atoms with Crippen LogP contribution in [0.2, 0.25) is 10.0 Å². The standard InChI is InChI=1S/C13H12ClN3O3.C13H10ClN3O3.CH4/c2*1-7-3-4-15-8(2)11(7)13(18)12-10(17(19)20)5-9(14)6-16-12;/h3-6,13,18H,1-2H3;3-6H,1-2H3;1H4. The Morgan fingerprint density at radius 2 is 1.34 bits per heavy atom. The minimum atomic E-state index is -1.22. The summed E-state index contributed by atoms with van der Waals surface area (Å²) in [5.74, 6) is -0.531. The molecule has 0 bridgehead atoms. The van der Waals surface area contributed by atoms with Crippen LogP contribution in [0.4, 0.5) is 11.4 Å². The lowest BCUT2D eigenvalue weighted by atomic mass is 9.99. The first kappa shape index (κ1) is 32.8. The Morgan fingerprint density at radius 3 is 1.88 bits per heavy atom. The fourth-order valence-electron chi connectivity index (χ4n) is 3.95. The number of rotatable bonds is 6.